The van der Waals surface area contributed by atoms with Crippen molar-refractivity contribution in [3.8, 4) is 11.5 Å². The van der Waals surface area contributed by atoms with E-state index in [4.69, 9.17) is 4.52 Å². The van der Waals surface area contributed by atoms with Crippen molar-refractivity contribution in [1.29, 1.82) is 0 Å². The van der Waals surface area contributed by atoms with E-state index in [2.05, 4.69) is 22.4 Å². The van der Waals surface area contributed by atoms with Gasteiger partial charge in [-0.15, -0.1) is 0 Å². The van der Waals surface area contributed by atoms with Crippen molar-refractivity contribution >= 4 is 0 Å². The topological polar surface area (TPSA) is 51.0 Å². The molecule has 2 aliphatic rings. The van der Waals surface area contributed by atoms with Crippen LogP contribution >= 0.6 is 0 Å². The average Bonchev–Trinajstić information content (AvgIpc) is 3.41. The van der Waals surface area contributed by atoms with Crippen LogP contribution in [0.5, 0.6) is 0 Å². The molecule has 4 rings (SSSR count). The molecular weight excluding hydrogens is 281 g/mol. The van der Waals surface area contributed by atoms with Crippen molar-refractivity contribution < 1.29 is 8.91 Å². The Morgan fingerprint density at radius 2 is 2.18 bits per heavy atom. The predicted molar refractivity (Wildman–Crippen MR) is 80.3 cm³/mol. The minimum absolute atomic E-state index is 0.241. The molecule has 0 aliphatic heterocycles. The molecule has 0 saturated heterocycles. The van der Waals surface area contributed by atoms with Gasteiger partial charge >= 0.3 is 0 Å². The second kappa shape index (κ2) is 5.47. The minimum Gasteiger partial charge on any atom is -0.334 e. The highest BCUT2D eigenvalue weighted by Crippen LogP contribution is 2.55. The quantitative estimate of drug-likeness (QED) is 0.888. The summed E-state index contributed by atoms with van der Waals surface area (Å²) in [6, 6.07) is 6.91. The summed E-state index contributed by atoms with van der Waals surface area (Å²) in [5.41, 5.74) is 0.352. The van der Waals surface area contributed by atoms with Crippen LogP contribution in [0.1, 0.15) is 32.0 Å². The zero-order valence-corrected chi connectivity index (χ0v) is 12.6. The van der Waals surface area contributed by atoms with Gasteiger partial charge in [-0.05, 0) is 56.1 Å². The largest absolute Gasteiger partial charge is 0.334 e. The molecule has 116 valence electrons. The second-order valence-corrected chi connectivity index (χ2v) is 6.57. The third kappa shape index (κ3) is 2.77. The van der Waals surface area contributed by atoms with E-state index in [1.54, 1.807) is 18.2 Å². The van der Waals surface area contributed by atoms with E-state index in [1.165, 1.54) is 25.3 Å². The molecule has 0 bridgehead atoms. The summed E-state index contributed by atoms with van der Waals surface area (Å²) in [5, 5.41) is 7.41. The van der Waals surface area contributed by atoms with Crippen molar-refractivity contribution in [2.45, 2.75) is 38.8 Å². The molecule has 1 aromatic heterocycles. The number of rotatable bonds is 6. The maximum Gasteiger partial charge on any atom is 0.260 e. The second-order valence-electron chi connectivity index (χ2n) is 6.57. The van der Waals surface area contributed by atoms with Gasteiger partial charge in [0.05, 0.1) is 12.1 Å². The summed E-state index contributed by atoms with van der Waals surface area (Å²) >= 11 is 0. The van der Waals surface area contributed by atoms with Crippen LogP contribution in [0.25, 0.3) is 11.5 Å². The molecule has 2 fully saturated rings. The van der Waals surface area contributed by atoms with E-state index >= 15 is 0 Å². The fourth-order valence-corrected chi connectivity index (χ4v) is 3.35. The summed E-state index contributed by atoms with van der Waals surface area (Å²) in [7, 11) is 0. The van der Waals surface area contributed by atoms with E-state index in [-0.39, 0.29) is 11.7 Å². The van der Waals surface area contributed by atoms with Crippen LogP contribution in [-0.2, 0) is 6.54 Å². The van der Waals surface area contributed by atoms with Gasteiger partial charge in [-0.2, -0.15) is 4.98 Å². The van der Waals surface area contributed by atoms with Gasteiger partial charge in [-0.3, -0.25) is 0 Å². The molecule has 2 aromatic rings. The van der Waals surface area contributed by atoms with Gasteiger partial charge in [0.2, 0.25) is 0 Å². The summed E-state index contributed by atoms with van der Waals surface area (Å²) < 4.78 is 18.9. The molecule has 4 nitrogen and oxygen atoms in total. The first-order valence-corrected chi connectivity index (χ1v) is 8.03. The zero-order chi connectivity index (χ0) is 15.1. The molecule has 3 atom stereocenters. The Balaban J connectivity index is 1.35. The Labute approximate surface area is 129 Å². The maximum absolute atomic E-state index is 13.7. The highest BCUT2D eigenvalue weighted by atomic mass is 19.1. The Hall–Kier alpha value is -1.75. The fraction of sp³-hybridized carbons (Fsp3) is 0.529. The zero-order valence-electron chi connectivity index (χ0n) is 12.6. The molecular formula is C17H20FN3O. The molecule has 0 amide bonds. The lowest BCUT2D eigenvalue weighted by Gasteiger charge is -2.11. The number of hydrogen-bond donors (Lipinski definition) is 1. The van der Waals surface area contributed by atoms with E-state index in [0.717, 1.165) is 17.8 Å². The predicted octanol–water partition coefficient (Wildman–Crippen LogP) is 3.40. The number of aromatic nitrogens is 2. The van der Waals surface area contributed by atoms with Gasteiger partial charge in [0.1, 0.15) is 5.82 Å². The maximum atomic E-state index is 13.7. The Morgan fingerprint density at radius 3 is 2.95 bits per heavy atom. The van der Waals surface area contributed by atoms with E-state index < -0.39 is 0 Å². The van der Waals surface area contributed by atoms with Gasteiger partial charge in [-0.25, -0.2) is 4.39 Å². The monoisotopic (exact) mass is 301 g/mol. The SMILES string of the molecule is CC(NCc1noc(-c2ccccc2F)n1)[C@@H]1C[C@H]1C1CC1. The van der Waals surface area contributed by atoms with Gasteiger partial charge in [-0.1, -0.05) is 17.3 Å². The number of nitrogens with zero attached hydrogens (tertiary/aromatic N) is 2. The molecule has 1 unspecified atom stereocenters. The first-order valence-electron chi connectivity index (χ1n) is 8.03. The van der Waals surface area contributed by atoms with Crippen molar-refractivity contribution in [1.82, 2.24) is 15.5 Å². The summed E-state index contributed by atoms with van der Waals surface area (Å²) in [4.78, 5) is 4.28. The van der Waals surface area contributed by atoms with Crippen molar-refractivity contribution in [2.24, 2.45) is 17.8 Å². The van der Waals surface area contributed by atoms with E-state index in [0.29, 0.717) is 24.0 Å². The smallest absolute Gasteiger partial charge is 0.260 e. The van der Waals surface area contributed by atoms with Crippen LogP contribution in [0.3, 0.4) is 0 Å². The van der Waals surface area contributed by atoms with Crippen LogP contribution < -0.4 is 5.32 Å². The Morgan fingerprint density at radius 1 is 1.36 bits per heavy atom. The van der Waals surface area contributed by atoms with Crippen LogP contribution in [-0.4, -0.2) is 16.2 Å². The standard InChI is InChI=1S/C17H20FN3O/c1-10(13-8-14(13)11-6-7-11)19-9-16-20-17(22-21-16)12-4-2-3-5-15(12)18/h2-5,10-11,13-14,19H,6-9H2,1H3/t10?,13-,14-/m0/s1. The molecule has 0 spiro atoms. The lowest BCUT2D eigenvalue weighted by molar-refractivity contribution is 0.406. The Kier molecular flexibility index (Phi) is 3.45. The number of benzene rings is 1. The third-order valence-electron chi connectivity index (χ3n) is 4.92. The first kappa shape index (κ1) is 13.9. The Bertz CT molecular complexity index is 667. The summed E-state index contributed by atoms with van der Waals surface area (Å²) in [6.45, 7) is 2.79. The molecule has 1 aromatic carbocycles. The number of halogens is 1. The molecule has 2 saturated carbocycles. The highest BCUT2D eigenvalue weighted by Gasteiger charge is 2.49. The van der Waals surface area contributed by atoms with Crippen LogP contribution in [0.4, 0.5) is 4.39 Å². The molecule has 22 heavy (non-hydrogen) atoms. The van der Waals surface area contributed by atoms with E-state index in [9.17, 15) is 4.39 Å². The normalized spacial score (nSPS) is 25.2. The van der Waals surface area contributed by atoms with Crippen LogP contribution in [0.15, 0.2) is 28.8 Å². The first-order chi connectivity index (χ1) is 10.7. The lowest BCUT2D eigenvalue weighted by atomic mass is 10.1. The molecule has 0 radical (unpaired) electrons. The van der Waals surface area contributed by atoms with Gasteiger partial charge < -0.3 is 9.84 Å². The van der Waals surface area contributed by atoms with Crippen molar-refractivity contribution in [3.05, 3.63) is 35.9 Å². The summed E-state index contributed by atoms with van der Waals surface area (Å²) in [5.74, 6) is 3.20. The third-order valence-corrected chi connectivity index (χ3v) is 4.92. The lowest BCUT2D eigenvalue weighted by Crippen LogP contribution is -2.28. The summed E-state index contributed by atoms with van der Waals surface area (Å²) in [6.07, 6.45) is 4.20. The van der Waals surface area contributed by atoms with Crippen molar-refractivity contribution in [3.63, 3.8) is 0 Å². The fourth-order valence-electron chi connectivity index (χ4n) is 3.35. The van der Waals surface area contributed by atoms with Crippen LogP contribution in [0, 0.1) is 23.6 Å². The molecule has 1 heterocycles. The minimum atomic E-state index is -0.343. The molecule has 2 aliphatic carbocycles. The highest BCUT2D eigenvalue weighted by molar-refractivity contribution is 5.53. The van der Waals surface area contributed by atoms with Crippen molar-refractivity contribution in [2.75, 3.05) is 0 Å². The van der Waals surface area contributed by atoms with Gasteiger partial charge in [0.25, 0.3) is 5.89 Å². The molecule has 5 heteroatoms. The number of nitrogens with one attached hydrogen (secondary N) is 1. The number of hydrogen-bond acceptors (Lipinski definition) is 4. The van der Waals surface area contributed by atoms with E-state index in [1.807, 2.05) is 0 Å². The molecule has 1 N–H and O–H groups in total. The van der Waals surface area contributed by atoms with Gasteiger partial charge in [0.15, 0.2) is 5.82 Å². The average molecular weight is 301 g/mol. The van der Waals surface area contributed by atoms with Gasteiger partial charge in [0, 0.05) is 6.04 Å². The van der Waals surface area contributed by atoms with Crippen LogP contribution in [0.2, 0.25) is 0 Å².